The minimum Gasteiger partial charge on any atom is -0.338 e. The van der Waals surface area contributed by atoms with Crippen LogP contribution in [0.3, 0.4) is 0 Å². The summed E-state index contributed by atoms with van der Waals surface area (Å²) in [6.45, 7) is 1.85. The summed E-state index contributed by atoms with van der Waals surface area (Å²) in [5, 5.41) is 8.84. The smallest absolute Gasteiger partial charge is 0.246 e. The molecular formula is C19H19F2N5O3S3. The second-order valence-corrected chi connectivity index (χ2v) is 10.4. The third-order valence-electron chi connectivity index (χ3n) is 5.25. The van der Waals surface area contributed by atoms with Crippen LogP contribution in [0, 0.1) is 16.4 Å². The van der Waals surface area contributed by atoms with Crippen LogP contribution in [0.15, 0.2) is 40.6 Å². The number of benzene rings is 1. The van der Waals surface area contributed by atoms with Crippen LogP contribution in [-0.2, 0) is 14.8 Å². The van der Waals surface area contributed by atoms with E-state index in [9.17, 15) is 22.0 Å². The van der Waals surface area contributed by atoms with E-state index in [2.05, 4.69) is 10.2 Å². The molecule has 1 N–H and O–H groups in total. The molecule has 0 radical (unpaired) electrons. The van der Waals surface area contributed by atoms with Gasteiger partial charge in [0.25, 0.3) is 0 Å². The SMILES string of the molecule is CC(C(=O)N1CCN(S(=O)(=O)c2cc(F)ccc2F)CC1)n1c(-c2cccs2)n[nH]c1=S. The Bertz CT molecular complexity index is 1300. The molecule has 1 unspecified atom stereocenters. The van der Waals surface area contributed by atoms with Gasteiger partial charge < -0.3 is 4.90 Å². The van der Waals surface area contributed by atoms with Crippen molar-refractivity contribution < 1.29 is 22.0 Å². The van der Waals surface area contributed by atoms with Gasteiger partial charge in [-0.3, -0.25) is 14.5 Å². The van der Waals surface area contributed by atoms with Crippen LogP contribution in [0.1, 0.15) is 13.0 Å². The van der Waals surface area contributed by atoms with Crippen molar-refractivity contribution in [3.8, 4) is 10.7 Å². The summed E-state index contributed by atoms with van der Waals surface area (Å²) in [6.07, 6.45) is 0. The molecule has 1 aliphatic heterocycles. The predicted molar refractivity (Wildman–Crippen MR) is 117 cm³/mol. The van der Waals surface area contributed by atoms with Crippen LogP contribution in [0.4, 0.5) is 8.78 Å². The lowest BCUT2D eigenvalue weighted by molar-refractivity contribution is -0.135. The first-order chi connectivity index (χ1) is 15.2. The Kier molecular flexibility index (Phi) is 6.25. The van der Waals surface area contributed by atoms with Gasteiger partial charge in [0.2, 0.25) is 15.9 Å². The van der Waals surface area contributed by atoms with Gasteiger partial charge in [0.05, 0.1) is 4.88 Å². The van der Waals surface area contributed by atoms with Crippen molar-refractivity contribution in [2.24, 2.45) is 0 Å². The van der Waals surface area contributed by atoms with Gasteiger partial charge in [-0.05, 0) is 48.8 Å². The fraction of sp³-hybridized carbons (Fsp3) is 0.316. The number of H-pyrrole nitrogens is 1. The standard InChI is InChI=1S/C19H19F2N5O3S3/c1-12(26-17(22-23-19(26)30)15-3-2-10-31-15)18(27)24-6-8-25(9-7-24)32(28,29)16-11-13(20)4-5-14(16)21/h2-5,10-12H,6-9H2,1H3,(H,23,30). The zero-order valence-electron chi connectivity index (χ0n) is 16.9. The van der Waals surface area contributed by atoms with Crippen molar-refractivity contribution in [2.45, 2.75) is 17.9 Å². The van der Waals surface area contributed by atoms with E-state index in [1.807, 2.05) is 17.5 Å². The number of hydrogen-bond acceptors (Lipinski definition) is 6. The zero-order chi connectivity index (χ0) is 23.0. The van der Waals surface area contributed by atoms with E-state index in [0.29, 0.717) is 16.7 Å². The Morgan fingerprint density at radius 3 is 2.59 bits per heavy atom. The first-order valence-electron chi connectivity index (χ1n) is 9.65. The van der Waals surface area contributed by atoms with E-state index in [-0.39, 0.29) is 32.1 Å². The molecule has 1 fully saturated rings. The monoisotopic (exact) mass is 499 g/mol. The summed E-state index contributed by atoms with van der Waals surface area (Å²) >= 11 is 6.78. The first kappa shape index (κ1) is 22.7. The van der Waals surface area contributed by atoms with Gasteiger partial charge in [0.15, 0.2) is 10.6 Å². The average Bonchev–Trinajstić information content (AvgIpc) is 3.44. The molecule has 8 nitrogen and oxygen atoms in total. The molecule has 4 rings (SSSR count). The lowest BCUT2D eigenvalue weighted by Gasteiger charge is -2.35. The summed E-state index contributed by atoms with van der Waals surface area (Å²) in [5.74, 6) is -1.55. The van der Waals surface area contributed by atoms with Gasteiger partial charge in [-0.2, -0.15) is 9.40 Å². The van der Waals surface area contributed by atoms with E-state index in [1.54, 1.807) is 11.5 Å². The van der Waals surface area contributed by atoms with Gasteiger partial charge in [-0.25, -0.2) is 17.2 Å². The van der Waals surface area contributed by atoms with Crippen LogP contribution in [0.5, 0.6) is 0 Å². The van der Waals surface area contributed by atoms with E-state index in [4.69, 9.17) is 12.2 Å². The summed E-state index contributed by atoms with van der Waals surface area (Å²) in [6, 6.07) is 5.38. The van der Waals surface area contributed by atoms with E-state index in [1.165, 1.54) is 16.2 Å². The molecule has 170 valence electrons. The van der Waals surface area contributed by atoms with E-state index in [0.717, 1.165) is 21.3 Å². The number of aromatic amines is 1. The number of sulfonamides is 1. The van der Waals surface area contributed by atoms with Gasteiger partial charge >= 0.3 is 0 Å². The second-order valence-electron chi connectivity index (χ2n) is 7.18. The number of amides is 1. The largest absolute Gasteiger partial charge is 0.338 e. The molecule has 1 amide bonds. The topological polar surface area (TPSA) is 91.3 Å². The fourth-order valence-corrected chi connectivity index (χ4v) is 6.08. The lowest BCUT2D eigenvalue weighted by atomic mass is 10.2. The Hall–Kier alpha value is -2.48. The zero-order valence-corrected chi connectivity index (χ0v) is 19.3. The number of nitrogens with one attached hydrogen (secondary N) is 1. The molecule has 0 spiro atoms. The van der Waals surface area contributed by atoms with Crippen molar-refractivity contribution >= 4 is 39.5 Å². The molecule has 1 aliphatic rings. The molecule has 1 saturated heterocycles. The molecule has 1 atom stereocenters. The number of halogens is 2. The minimum absolute atomic E-state index is 0.0364. The van der Waals surface area contributed by atoms with Crippen molar-refractivity contribution in [1.82, 2.24) is 24.0 Å². The summed E-state index contributed by atoms with van der Waals surface area (Å²) in [5.41, 5.74) is 0. The van der Waals surface area contributed by atoms with Crippen molar-refractivity contribution in [3.63, 3.8) is 0 Å². The quantitative estimate of drug-likeness (QED) is 0.545. The molecule has 0 aliphatic carbocycles. The average molecular weight is 500 g/mol. The third-order valence-corrected chi connectivity index (χ3v) is 8.32. The Morgan fingerprint density at radius 2 is 1.94 bits per heavy atom. The number of piperazine rings is 1. The molecular weight excluding hydrogens is 480 g/mol. The second kappa shape index (κ2) is 8.81. The van der Waals surface area contributed by atoms with Crippen LogP contribution < -0.4 is 0 Å². The van der Waals surface area contributed by atoms with E-state index >= 15 is 0 Å². The highest BCUT2D eigenvalue weighted by molar-refractivity contribution is 7.89. The van der Waals surface area contributed by atoms with Crippen molar-refractivity contribution in [1.29, 1.82) is 0 Å². The van der Waals surface area contributed by atoms with Crippen molar-refractivity contribution in [3.05, 3.63) is 52.1 Å². The molecule has 32 heavy (non-hydrogen) atoms. The minimum atomic E-state index is -4.23. The Labute approximate surface area is 192 Å². The number of rotatable bonds is 5. The lowest BCUT2D eigenvalue weighted by Crippen LogP contribution is -2.51. The number of carbonyl (C=O) groups is 1. The van der Waals surface area contributed by atoms with Crippen LogP contribution in [0.25, 0.3) is 10.7 Å². The summed E-state index contributed by atoms with van der Waals surface area (Å²) in [7, 11) is -4.23. The molecule has 1 aromatic carbocycles. The molecule has 2 aromatic heterocycles. The number of hydrogen-bond donors (Lipinski definition) is 1. The van der Waals surface area contributed by atoms with Gasteiger partial charge in [0.1, 0.15) is 22.6 Å². The van der Waals surface area contributed by atoms with Gasteiger partial charge in [0, 0.05) is 26.2 Å². The highest BCUT2D eigenvalue weighted by Gasteiger charge is 2.34. The van der Waals surface area contributed by atoms with Gasteiger partial charge in [-0.15, -0.1) is 11.3 Å². The Balaban J connectivity index is 1.49. The Morgan fingerprint density at radius 1 is 1.22 bits per heavy atom. The molecule has 3 aromatic rings. The maximum Gasteiger partial charge on any atom is 0.246 e. The van der Waals surface area contributed by atoms with Crippen LogP contribution >= 0.6 is 23.6 Å². The van der Waals surface area contributed by atoms with Crippen LogP contribution in [-0.4, -0.2) is 64.5 Å². The maximum atomic E-state index is 14.0. The third kappa shape index (κ3) is 4.12. The van der Waals surface area contributed by atoms with Crippen LogP contribution in [0.2, 0.25) is 0 Å². The number of nitrogens with zero attached hydrogens (tertiary/aromatic N) is 4. The maximum absolute atomic E-state index is 14.0. The number of thiophene rings is 1. The molecule has 3 heterocycles. The predicted octanol–water partition coefficient (Wildman–Crippen LogP) is 3.04. The van der Waals surface area contributed by atoms with Gasteiger partial charge in [-0.1, -0.05) is 6.07 Å². The highest BCUT2D eigenvalue weighted by Crippen LogP contribution is 2.27. The first-order valence-corrected chi connectivity index (χ1v) is 12.4. The van der Waals surface area contributed by atoms with Crippen molar-refractivity contribution in [2.75, 3.05) is 26.2 Å². The van der Waals surface area contributed by atoms with E-state index < -0.39 is 32.6 Å². The highest BCUT2D eigenvalue weighted by atomic mass is 32.2. The molecule has 0 saturated carbocycles. The normalized spacial score (nSPS) is 16.3. The molecule has 0 bridgehead atoms. The number of aromatic nitrogens is 3. The number of carbonyl (C=O) groups excluding carboxylic acids is 1. The summed E-state index contributed by atoms with van der Waals surface area (Å²) in [4.78, 5) is 14.8. The fourth-order valence-electron chi connectivity index (χ4n) is 3.58. The summed E-state index contributed by atoms with van der Waals surface area (Å²) < 4.78 is 56.0. The molecule has 13 heteroatoms.